The largest absolute Gasteiger partial charge is 0.370 e. The molecule has 1 fully saturated rings. The minimum absolute atomic E-state index is 0.483. The minimum atomic E-state index is 0.483. The van der Waals surface area contributed by atoms with Gasteiger partial charge in [0.1, 0.15) is 5.01 Å². The van der Waals surface area contributed by atoms with Crippen LogP contribution < -0.4 is 11.1 Å². The molecule has 4 nitrogen and oxygen atoms in total. The van der Waals surface area contributed by atoms with Gasteiger partial charge in [-0.3, -0.25) is 0 Å². The number of fused-ring (bicyclic) bond motifs is 1. The lowest BCUT2D eigenvalue weighted by atomic mass is 9.96. The van der Waals surface area contributed by atoms with Gasteiger partial charge in [-0.1, -0.05) is 30.9 Å². The molecular weight excluding hydrogens is 304 g/mol. The van der Waals surface area contributed by atoms with E-state index < -0.39 is 0 Å². The van der Waals surface area contributed by atoms with Crippen molar-refractivity contribution in [3.05, 3.63) is 28.2 Å². The number of nitrogens with zero attached hydrogens (tertiary/aromatic N) is 2. The van der Waals surface area contributed by atoms with Gasteiger partial charge in [-0.05, 0) is 31.0 Å². The summed E-state index contributed by atoms with van der Waals surface area (Å²) < 4.78 is 1.13. The highest BCUT2D eigenvalue weighted by molar-refractivity contribution is 7.18. The highest BCUT2D eigenvalue weighted by Crippen LogP contribution is 2.25. The van der Waals surface area contributed by atoms with Gasteiger partial charge in [-0.25, -0.2) is 9.98 Å². The zero-order valence-corrected chi connectivity index (χ0v) is 13.4. The SMILES string of the molecule is NC(=NCc1nc2cc(Cl)ccc2s1)NC1CCCCC1. The number of aliphatic imine (C=N–C) groups is 1. The van der Waals surface area contributed by atoms with E-state index in [4.69, 9.17) is 17.3 Å². The first-order chi connectivity index (χ1) is 10.2. The van der Waals surface area contributed by atoms with Crippen molar-refractivity contribution in [3.8, 4) is 0 Å². The fourth-order valence-corrected chi connectivity index (χ4v) is 3.71. The Balaban J connectivity index is 1.62. The molecule has 21 heavy (non-hydrogen) atoms. The highest BCUT2D eigenvalue weighted by atomic mass is 35.5. The number of aromatic nitrogens is 1. The van der Waals surface area contributed by atoms with Gasteiger partial charge in [0.2, 0.25) is 0 Å². The van der Waals surface area contributed by atoms with Crippen molar-refractivity contribution in [2.24, 2.45) is 10.7 Å². The summed E-state index contributed by atoms with van der Waals surface area (Å²) in [5.74, 6) is 0.527. The molecule has 1 aliphatic rings. The maximum absolute atomic E-state index is 5.97. The van der Waals surface area contributed by atoms with Gasteiger partial charge in [-0.2, -0.15) is 0 Å². The molecule has 0 amide bonds. The number of benzene rings is 1. The van der Waals surface area contributed by atoms with Gasteiger partial charge in [0.25, 0.3) is 0 Å². The Kier molecular flexibility index (Phi) is 4.60. The molecule has 2 aromatic rings. The van der Waals surface area contributed by atoms with E-state index in [1.54, 1.807) is 11.3 Å². The van der Waals surface area contributed by atoms with Crippen LogP contribution in [0.4, 0.5) is 0 Å². The fourth-order valence-electron chi connectivity index (χ4n) is 2.67. The van der Waals surface area contributed by atoms with E-state index in [-0.39, 0.29) is 0 Å². The predicted octanol–water partition coefficient (Wildman–Crippen LogP) is 3.69. The number of nitrogens with two attached hydrogens (primary N) is 1. The van der Waals surface area contributed by atoms with Crippen molar-refractivity contribution in [3.63, 3.8) is 0 Å². The monoisotopic (exact) mass is 322 g/mol. The average Bonchev–Trinajstić information content (AvgIpc) is 2.88. The molecule has 0 spiro atoms. The third kappa shape index (κ3) is 3.86. The number of halogens is 1. The smallest absolute Gasteiger partial charge is 0.189 e. The van der Waals surface area contributed by atoms with Crippen molar-refractivity contribution < 1.29 is 0 Å². The number of rotatable bonds is 3. The van der Waals surface area contributed by atoms with E-state index >= 15 is 0 Å². The molecule has 1 aromatic heterocycles. The Hall–Kier alpha value is -1.33. The van der Waals surface area contributed by atoms with Crippen molar-refractivity contribution in [2.45, 2.75) is 44.7 Å². The van der Waals surface area contributed by atoms with Crippen LogP contribution in [0.25, 0.3) is 10.2 Å². The molecular formula is C15H19ClN4S. The third-order valence-electron chi connectivity index (χ3n) is 3.74. The van der Waals surface area contributed by atoms with Crippen LogP contribution in [0.3, 0.4) is 0 Å². The maximum atomic E-state index is 5.97. The van der Waals surface area contributed by atoms with Gasteiger partial charge in [0, 0.05) is 11.1 Å². The summed E-state index contributed by atoms with van der Waals surface area (Å²) in [6.45, 7) is 0.516. The molecule has 3 N–H and O–H groups in total. The van der Waals surface area contributed by atoms with Gasteiger partial charge >= 0.3 is 0 Å². The zero-order valence-electron chi connectivity index (χ0n) is 11.8. The molecule has 6 heteroatoms. The summed E-state index contributed by atoms with van der Waals surface area (Å²) in [4.78, 5) is 8.94. The van der Waals surface area contributed by atoms with Gasteiger partial charge in [0.05, 0.1) is 16.8 Å². The van der Waals surface area contributed by atoms with Crippen LogP contribution in [0.15, 0.2) is 23.2 Å². The molecule has 1 saturated carbocycles. The van der Waals surface area contributed by atoms with Crippen LogP contribution in [0.5, 0.6) is 0 Å². The normalized spacial score (nSPS) is 17.3. The second-order valence-electron chi connectivity index (χ2n) is 5.40. The molecule has 0 atom stereocenters. The molecule has 0 saturated heterocycles. The topological polar surface area (TPSA) is 63.3 Å². The maximum Gasteiger partial charge on any atom is 0.189 e. The Morgan fingerprint density at radius 1 is 1.38 bits per heavy atom. The van der Waals surface area contributed by atoms with Crippen LogP contribution >= 0.6 is 22.9 Å². The number of thiazole rings is 1. The second-order valence-corrected chi connectivity index (χ2v) is 6.95. The second kappa shape index (κ2) is 6.62. The van der Waals surface area contributed by atoms with Crippen LogP contribution in [0.1, 0.15) is 37.1 Å². The van der Waals surface area contributed by atoms with Crippen LogP contribution in [0, 0.1) is 0 Å². The van der Waals surface area contributed by atoms with E-state index in [2.05, 4.69) is 15.3 Å². The number of guanidine groups is 1. The van der Waals surface area contributed by atoms with E-state index in [1.807, 2.05) is 18.2 Å². The molecule has 0 aliphatic heterocycles. The predicted molar refractivity (Wildman–Crippen MR) is 90.0 cm³/mol. The highest BCUT2D eigenvalue weighted by Gasteiger charge is 2.13. The molecule has 0 bridgehead atoms. The molecule has 0 unspecified atom stereocenters. The first-order valence-corrected chi connectivity index (χ1v) is 8.51. The lowest BCUT2D eigenvalue weighted by Crippen LogP contribution is -2.41. The van der Waals surface area contributed by atoms with Crippen molar-refractivity contribution in [1.29, 1.82) is 0 Å². The first-order valence-electron chi connectivity index (χ1n) is 7.32. The van der Waals surface area contributed by atoms with E-state index in [1.165, 1.54) is 32.1 Å². The Morgan fingerprint density at radius 3 is 3.00 bits per heavy atom. The standard InChI is InChI=1S/C15H19ClN4S/c16-10-6-7-13-12(8-10)20-14(21-13)9-18-15(17)19-11-4-2-1-3-5-11/h6-8,11H,1-5,9H2,(H3,17,18,19). The number of nitrogens with one attached hydrogen (secondary N) is 1. The molecule has 1 aliphatic carbocycles. The summed E-state index contributed by atoms with van der Waals surface area (Å²) in [6, 6.07) is 6.24. The lowest BCUT2D eigenvalue weighted by molar-refractivity contribution is 0.412. The first kappa shape index (κ1) is 14.6. The zero-order chi connectivity index (χ0) is 14.7. The van der Waals surface area contributed by atoms with Crippen molar-refractivity contribution >= 4 is 39.1 Å². The summed E-state index contributed by atoms with van der Waals surface area (Å²) in [5.41, 5.74) is 6.89. The van der Waals surface area contributed by atoms with Crippen LogP contribution in [-0.2, 0) is 6.54 Å². The Labute approximate surface area is 133 Å². The van der Waals surface area contributed by atoms with Crippen LogP contribution in [0.2, 0.25) is 5.02 Å². The van der Waals surface area contributed by atoms with E-state index in [0.717, 1.165) is 15.2 Å². The van der Waals surface area contributed by atoms with Crippen LogP contribution in [-0.4, -0.2) is 17.0 Å². The Bertz CT molecular complexity index is 646. The lowest BCUT2D eigenvalue weighted by Gasteiger charge is -2.23. The average molecular weight is 323 g/mol. The number of hydrogen-bond acceptors (Lipinski definition) is 3. The third-order valence-corrected chi connectivity index (χ3v) is 4.99. The van der Waals surface area contributed by atoms with E-state index in [9.17, 15) is 0 Å². The fraction of sp³-hybridized carbons (Fsp3) is 0.467. The molecule has 1 aromatic carbocycles. The Morgan fingerprint density at radius 2 is 2.19 bits per heavy atom. The summed E-state index contributed by atoms with van der Waals surface area (Å²) in [5, 5.41) is 4.98. The quantitative estimate of drug-likeness (QED) is 0.669. The summed E-state index contributed by atoms with van der Waals surface area (Å²) in [6.07, 6.45) is 6.28. The molecule has 1 heterocycles. The molecule has 0 radical (unpaired) electrons. The van der Waals surface area contributed by atoms with E-state index in [0.29, 0.717) is 23.6 Å². The van der Waals surface area contributed by atoms with Crippen molar-refractivity contribution in [2.75, 3.05) is 0 Å². The van der Waals surface area contributed by atoms with Gasteiger partial charge in [0.15, 0.2) is 5.96 Å². The number of hydrogen-bond donors (Lipinski definition) is 2. The summed E-state index contributed by atoms with van der Waals surface area (Å²) in [7, 11) is 0. The summed E-state index contributed by atoms with van der Waals surface area (Å²) >= 11 is 7.60. The minimum Gasteiger partial charge on any atom is -0.370 e. The molecule has 112 valence electrons. The molecule has 3 rings (SSSR count). The van der Waals surface area contributed by atoms with Crippen molar-refractivity contribution in [1.82, 2.24) is 10.3 Å². The van der Waals surface area contributed by atoms with Gasteiger partial charge in [-0.15, -0.1) is 11.3 Å². The van der Waals surface area contributed by atoms with Gasteiger partial charge < -0.3 is 11.1 Å².